The molecule has 1 aromatic carbocycles. The van der Waals surface area contributed by atoms with Gasteiger partial charge in [0, 0.05) is 23.8 Å². The Morgan fingerprint density at radius 2 is 2.08 bits per heavy atom. The van der Waals surface area contributed by atoms with Crippen LogP contribution in [0.5, 0.6) is 11.5 Å². The van der Waals surface area contributed by atoms with E-state index in [0.717, 1.165) is 0 Å². The van der Waals surface area contributed by atoms with Gasteiger partial charge in [0.25, 0.3) is 5.91 Å². The second-order valence-electron chi connectivity index (χ2n) is 4.65. The summed E-state index contributed by atoms with van der Waals surface area (Å²) in [6.45, 7) is 0. The van der Waals surface area contributed by atoms with Crippen LogP contribution in [-0.4, -0.2) is 35.1 Å². The third-order valence-corrected chi connectivity index (χ3v) is 4.04. The molecule has 0 atom stereocenters. The first-order chi connectivity index (χ1) is 11.7. The van der Waals surface area contributed by atoms with Gasteiger partial charge in [0.05, 0.1) is 26.1 Å². The number of methoxy groups -OCH3 is 2. The van der Waals surface area contributed by atoms with Crippen LogP contribution in [0.4, 0.5) is 5.69 Å². The molecule has 2 aromatic heterocycles. The lowest BCUT2D eigenvalue weighted by atomic mass is 10.2. The van der Waals surface area contributed by atoms with Gasteiger partial charge in [-0.25, -0.2) is 4.98 Å². The molecule has 24 heavy (non-hydrogen) atoms. The Morgan fingerprint density at radius 3 is 2.79 bits per heavy atom. The van der Waals surface area contributed by atoms with E-state index in [1.54, 1.807) is 49.3 Å². The van der Waals surface area contributed by atoms with Crippen molar-refractivity contribution in [1.29, 1.82) is 0 Å². The second kappa shape index (κ2) is 7.05. The number of anilines is 1. The van der Waals surface area contributed by atoms with Gasteiger partial charge in [-0.05, 0) is 12.1 Å². The molecule has 0 unspecified atom stereocenters. The molecule has 3 aromatic rings. The highest BCUT2D eigenvalue weighted by Gasteiger charge is 2.15. The Balaban J connectivity index is 1.82. The zero-order valence-corrected chi connectivity index (χ0v) is 13.8. The first-order valence-electron chi connectivity index (χ1n) is 6.96. The number of rotatable bonds is 5. The standard InChI is InChI=1S/C16H14N4O3S/c1-22-10-3-4-14(23-2)11(7-10)19-15(21)13-9-24-16(20-13)12-8-17-5-6-18-12/h3-9H,1-2H3,(H,19,21). The summed E-state index contributed by atoms with van der Waals surface area (Å²) in [5, 5.41) is 5.08. The van der Waals surface area contributed by atoms with E-state index in [4.69, 9.17) is 9.47 Å². The lowest BCUT2D eigenvalue weighted by molar-refractivity contribution is 0.102. The Hall–Kier alpha value is -3.00. The quantitative estimate of drug-likeness (QED) is 0.767. The number of carbonyl (C=O) groups excluding carboxylic acids is 1. The predicted octanol–water partition coefficient (Wildman–Crippen LogP) is 2.87. The predicted molar refractivity (Wildman–Crippen MR) is 90.6 cm³/mol. The minimum absolute atomic E-state index is 0.297. The number of amides is 1. The zero-order valence-electron chi connectivity index (χ0n) is 13.0. The Morgan fingerprint density at radius 1 is 1.21 bits per heavy atom. The number of benzene rings is 1. The van der Waals surface area contributed by atoms with Crippen molar-refractivity contribution in [3.05, 3.63) is 47.9 Å². The van der Waals surface area contributed by atoms with Crippen molar-refractivity contribution in [2.24, 2.45) is 0 Å². The molecule has 8 heteroatoms. The zero-order chi connectivity index (χ0) is 16.9. The molecule has 0 aliphatic carbocycles. The maximum atomic E-state index is 12.4. The van der Waals surface area contributed by atoms with Gasteiger partial charge in [-0.15, -0.1) is 11.3 Å². The molecular weight excluding hydrogens is 328 g/mol. The van der Waals surface area contributed by atoms with Crippen LogP contribution in [0.25, 0.3) is 10.7 Å². The second-order valence-corrected chi connectivity index (χ2v) is 5.51. The molecular formula is C16H14N4O3S. The highest BCUT2D eigenvalue weighted by atomic mass is 32.1. The van der Waals surface area contributed by atoms with Crippen LogP contribution in [0.2, 0.25) is 0 Å². The number of hydrogen-bond donors (Lipinski definition) is 1. The van der Waals surface area contributed by atoms with Crippen molar-refractivity contribution in [2.45, 2.75) is 0 Å². The van der Waals surface area contributed by atoms with Crippen LogP contribution in [0.3, 0.4) is 0 Å². The molecule has 0 saturated carbocycles. The molecule has 0 aliphatic heterocycles. The van der Waals surface area contributed by atoms with Crippen LogP contribution in [-0.2, 0) is 0 Å². The van der Waals surface area contributed by atoms with E-state index < -0.39 is 0 Å². The van der Waals surface area contributed by atoms with Gasteiger partial charge in [-0.1, -0.05) is 0 Å². The molecule has 7 nitrogen and oxygen atoms in total. The van der Waals surface area contributed by atoms with E-state index in [-0.39, 0.29) is 5.91 Å². The highest BCUT2D eigenvalue weighted by Crippen LogP contribution is 2.29. The summed E-state index contributed by atoms with van der Waals surface area (Å²) in [4.78, 5) is 24.9. The molecule has 0 radical (unpaired) electrons. The fourth-order valence-electron chi connectivity index (χ4n) is 2.00. The first kappa shape index (κ1) is 15.9. The molecule has 1 amide bonds. The van der Waals surface area contributed by atoms with E-state index >= 15 is 0 Å². The number of nitrogens with zero attached hydrogens (tertiary/aromatic N) is 3. The van der Waals surface area contributed by atoms with Gasteiger partial charge >= 0.3 is 0 Å². The summed E-state index contributed by atoms with van der Waals surface area (Å²) in [6, 6.07) is 5.16. The number of nitrogens with one attached hydrogen (secondary N) is 1. The van der Waals surface area contributed by atoms with E-state index in [2.05, 4.69) is 20.3 Å². The summed E-state index contributed by atoms with van der Waals surface area (Å²) < 4.78 is 10.4. The normalized spacial score (nSPS) is 10.2. The third kappa shape index (κ3) is 3.33. The molecule has 0 aliphatic rings. The average Bonchev–Trinajstić information content (AvgIpc) is 3.12. The minimum Gasteiger partial charge on any atom is -0.497 e. The molecule has 0 bridgehead atoms. The van der Waals surface area contributed by atoms with Crippen molar-refractivity contribution < 1.29 is 14.3 Å². The van der Waals surface area contributed by atoms with Crippen molar-refractivity contribution in [1.82, 2.24) is 15.0 Å². The first-order valence-corrected chi connectivity index (χ1v) is 7.84. The number of hydrogen-bond acceptors (Lipinski definition) is 7. The smallest absolute Gasteiger partial charge is 0.275 e. The number of aromatic nitrogens is 3. The molecule has 0 saturated heterocycles. The molecule has 3 rings (SSSR count). The third-order valence-electron chi connectivity index (χ3n) is 3.17. The SMILES string of the molecule is COc1ccc(OC)c(NC(=O)c2csc(-c3cnccn3)n2)c1. The summed E-state index contributed by atoms with van der Waals surface area (Å²) in [5.41, 5.74) is 1.43. The van der Waals surface area contributed by atoms with Crippen molar-refractivity contribution in [3.63, 3.8) is 0 Å². The van der Waals surface area contributed by atoms with Gasteiger partial charge in [-0.3, -0.25) is 14.8 Å². The largest absolute Gasteiger partial charge is 0.497 e. The Kier molecular flexibility index (Phi) is 4.66. The number of ether oxygens (including phenoxy) is 2. The Labute approximate surface area is 142 Å². The van der Waals surface area contributed by atoms with Crippen LogP contribution in [0.15, 0.2) is 42.2 Å². The van der Waals surface area contributed by atoms with Crippen LogP contribution in [0, 0.1) is 0 Å². The maximum absolute atomic E-state index is 12.4. The molecule has 122 valence electrons. The van der Waals surface area contributed by atoms with Gasteiger partial charge in [0.15, 0.2) is 0 Å². The summed E-state index contributed by atoms with van der Waals surface area (Å²) >= 11 is 1.33. The van der Waals surface area contributed by atoms with Crippen LogP contribution in [0.1, 0.15) is 10.5 Å². The molecule has 1 N–H and O–H groups in total. The maximum Gasteiger partial charge on any atom is 0.275 e. The van der Waals surface area contributed by atoms with E-state index in [1.165, 1.54) is 18.4 Å². The van der Waals surface area contributed by atoms with Crippen LogP contribution < -0.4 is 14.8 Å². The van der Waals surface area contributed by atoms with E-state index in [1.807, 2.05) is 0 Å². The summed E-state index contributed by atoms with van der Waals surface area (Å²) in [5.74, 6) is 0.811. The molecule has 0 fully saturated rings. The lowest BCUT2D eigenvalue weighted by Crippen LogP contribution is -2.13. The number of carbonyl (C=O) groups is 1. The minimum atomic E-state index is -0.340. The van der Waals surface area contributed by atoms with Crippen molar-refractivity contribution >= 4 is 22.9 Å². The van der Waals surface area contributed by atoms with Gasteiger partial charge in [-0.2, -0.15) is 0 Å². The highest BCUT2D eigenvalue weighted by molar-refractivity contribution is 7.13. The molecule has 2 heterocycles. The topological polar surface area (TPSA) is 86.2 Å². The van der Waals surface area contributed by atoms with Crippen molar-refractivity contribution in [3.8, 4) is 22.2 Å². The summed E-state index contributed by atoms with van der Waals surface area (Å²) in [7, 11) is 3.09. The van der Waals surface area contributed by atoms with Gasteiger partial charge < -0.3 is 14.8 Å². The fourth-order valence-corrected chi connectivity index (χ4v) is 2.76. The monoisotopic (exact) mass is 342 g/mol. The van der Waals surface area contributed by atoms with Gasteiger partial charge in [0.2, 0.25) is 0 Å². The summed E-state index contributed by atoms with van der Waals surface area (Å²) in [6.07, 6.45) is 4.77. The average molecular weight is 342 g/mol. The Bertz CT molecular complexity index is 852. The fraction of sp³-hybridized carbons (Fsp3) is 0.125. The molecule has 0 spiro atoms. The van der Waals surface area contributed by atoms with E-state index in [0.29, 0.717) is 33.6 Å². The van der Waals surface area contributed by atoms with Crippen LogP contribution >= 0.6 is 11.3 Å². The van der Waals surface area contributed by atoms with Gasteiger partial charge in [0.1, 0.15) is 27.9 Å². The van der Waals surface area contributed by atoms with Crippen molar-refractivity contribution in [2.75, 3.05) is 19.5 Å². The number of thiazole rings is 1. The lowest BCUT2D eigenvalue weighted by Gasteiger charge is -2.10. The van der Waals surface area contributed by atoms with E-state index in [9.17, 15) is 4.79 Å².